The number of hydrogen-bond donors (Lipinski definition) is 2. The molecule has 0 saturated heterocycles. The van der Waals surface area contributed by atoms with Gasteiger partial charge in [0.2, 0.25) is 0 Å². The first-order valence-electron chi connectivity index (χ1n) is 8.35. The molecule has 1 amide bonds. The van der Waals surface area contributed by atoms with Crippen LogP contribution in [0.15, 0.2) is 34.8 Å². The van der Waals surface area contributed by atoms with E-state index in [0.717, 1.165) is 0 Å². The van der Waals surface area contributed by atoms with Gasteiger partial charge in [0.05, 0.1) is 27.6 Å². The van der Waals surface area contributed by atoms with E-state index in [2.05, 4.69) is 31.0 Å². The van der Waals surface area contributed by atoms with Crippen molar-refractivity contribution in [3.63, 3.8) is 0 Å². The number of amides is 1. The Kier molecular flexibility index (Phi) is 5.07. The van der Waals surface area contributed by atoms with Gasteiger partial charge in [0.1, 0.15) is 17.4 Å². The molecule has 1 aromatic heterocycles. The molecule has 29 heavy (non-hydrogen) atoms. The maximum absolute atomic E-state index is 14.0. The summed E-state index contributed by atoms with van der Waals surface area (Å²) in [6.07, 6.45) is -1.10. The molecule has 2 aromatic carbocycles. The van der Waals surface area contributed by atoms with Crippen molar-refractivity contribution in [2.24, 2.45) is 0 Å². The fourth-order valence-corrected chi connectivity index (χ4v) is 4.30. The average Bonchev–Trinajstić information content (AvgIpc) is 3.13. The third kappa shape index (κ3) is 3.51. The largest absolute Gasteiger partial charge is 0.465 e. The molecule has 0 spiro atoms. The van der Waals surface area contributed by atoms with Crippen LogP contribution in [-0.4, -0.2) is 27.4 Å². The van der Waals surface area contributed by atoms with Crippen LogP contribution in [0.4, 0.5) is 18.0 Å². The summed E-state index contributed by atoms with van der Waals surface area (Å²) in [5.74, 6) is -0.330. The molecule has 3 aromatic rings. The van der Waals surface area contributed by atoms with Gasteiger partial charge in [-0.1, -0.05) is 17.7 Å². The van der Waals surface area contributed by atoms with Crippen LogP contribution in [0.5, 0.6) is 5.75 Å². The standard InChI is InChI=1S/C18H12BrClF3N3O3/c19-7-4-12-10(5-9(7)21)24-16-11(25-18(27)28)6-13(26(12)16)15-8(20)2-1-3-14(15)29-17(22)23/h1-5,11,13,17,25H,6H2,(H,27,28)/t11-,13-/m1/s1. The summed E-state index contributed by atoms with van der Waals surface area (Å²) >= 11 is 9.45. The Morgan fingerprint density at radius 1 is 1.41 bits per heavy atom. The molecule has 152 valence electrons. The van der Waals surface area contributed by atoms with Crippen molar-refractivity contribution in [1.82, 2.24) is 14.9 Å². The molecule has 2 heterocycles. The molecule has 4 rings (SSSR count). The topological polar surface area (TPSA) is 76.4 Å². The highest BCUT2D eigenvalue weighted by Crippen LogP contribution is 2.46. The van der Waals surface area contributed by atoms with Crippen LogP contribution in [0.25, 0.3) is 11.0 Å². The molecule has 0 radical (unpaired) electrons. The molecule has 0 bridgehead atoms. The number of fused-ring (bicyclic) bond motifs is 3. The number of aromatic nitrogens is 2. The van der Waals surface area contributed by atoms with E-state index in [-0.39, 0.29) is 27.2 Å². The Bertz CT molecular complexity index is 1120. The van der Waals surface area contributed by atoms with Crippen molar-refractivity contribution in [2.45, 2.75) is 25.1 Å². The van der Waals surface area contributed by atoms with Gasteiger partial charge in [-0.05, 0) is 34.1 Å². The number of hydrogen-bond acceptors (Lipinski definition) is 3. The Balaban J connectivity index is 1.94. The van der Waals surface area contributed by atoms with Crippen LogP contribution in [0.3, 0.4) is 0 Å². The molecule has 1 aliphatic heterocycles. The quantitative estimate of drug-likeness (QED) is 0.507. The second kappa shape index (κ2) is 7.42. The summed E-state index contributed by atoms with van der Waals surface area (Å²) in [4.78, 5) is 15.6. The maximum Gasteiger partial charge on any atom is 0.405 e. The van der Waals surface area contributed by atoms with Gasteiger partial charge >= 0.3 is 12.7 Å². The number of carbonyl (C=O) groups is 1. The van der Waals surface area contributed by atoms with Gasteiger partial charge in [0.25, 0.3) is 0 Å². The Morgan fingerprint density at radius 2 is 2.17 bits per heavy atom. The van der Waals surface area contributed by atoms with Crippen LogP contribution in [0, 0.1) is 5.82 Å². The van der Waals surface area contributed by atoms with Crippen molar-refractivity contribution in [2.75, 3.05) is 0 Å². The average molecular weight is 491 g/mol. The van der Waals surface area contributed by atoms with Gasteiger partial charge < -0.3 is 19.7 Å². The number of imidazole rings is 1. The van der Waals surface area contributed by atoms with Crippen molar-refractivity contribution >= 4 is 44.7 Å². The number of rotatable bonds is 4. The van der Waals surface area contributed by atoms with Gasteiger partial charge in [0, 0.05) is 23.1 Å². The lowest BCUT2D eigenvalue weighted by Crippen LogP contribution is -2.25. The Labute approximate surface area is 175 Å². The summed E-state index contributed by atoms with van der Waals surface area (Å²) in [6.45, 7) is -3.07. The third-order valence-electron chi connectivity index (χ3n) is 4.70. The highest BCUT2D eigenvalue weighted by molar-refractivity contribution is 9.10. The van der Waals surface area contributed by atoms with Gasteiger partial charge in [0.15, 0.2) is 0 Å². The molecule has 0 fully saturated rings. The second-order valence-electron chi connectivity index (χ2n) is 6.38. The van der Waals surface area contributed by atoms with E-state index in [9.17, 15) is 23.1 Å². The molecule has 1 aliphatic rings. The van der Waals surface area contributed by atoms with Crippen LogP contribution < -0.4 is 10.1 Å². The minimum atomic E-state index is -3.07. The molecule has 0 aliphatic carbocycles. The zero-order valence-corrected chi connectivity index (χ0v) is 16.7. The van der Waals surface area contributed by atoms with Gasteiger partial charge in [-0.3, -0.25) is 0 Å². The number of nitrogens with one attached hydrogen (secondary N) is 1. The predicted octanol–water partition coefficient (Wildman–Crippen LogP) is 5.49. The summed E-state index contributed by atoms with van der Waals surface area (Å²) in [6, 6.07) is 5.67. The minimum absolute atomic E-state index is 0.123. The van der Waals surface area contributed by atoms with E-state index in [1.807, 2.05) is 0 Å². The Hall–Kier alpha value is -2.46. The molecule has 0 unspecified atom stereocenters. The van der Waals surface area contributed by atoms with Crippen molar-refractivity contribution in [3.8, 4) is 5.75 Å². The van der Waals surface area contributed by atoms with E-state index in [4.69, 9.17) is 11.6 Å². The fraction of sp³-hybridized carbons (Fsp3) is 0.222. The van der Waals surface area contributed by atoms with E-state index in [1.54, 1.807) is 4.57 Å². The van der Waals surface area contributed by atoms with E-state index >= 15 is 0 Å². The fourth-order valence-electron chi connectivity index (χ4n) is 3.68. The van der Waals surface area contributed by atoms with Gasteiger partial charge in [-0.15, -0.1) is 0 Å². The Morgan fingerprint density at radius 3 is 2.86 bits per heavy atom. The smallest absolute Gasteiger partial charge is 0.405 e. The normalized spacial score (nSPS) is 18.3. The van der Waals surface area contributed by atoms with Crippen LogP contribution >= 0.6 is 27.5 Å². The summed E-state index contributed by atoms with van der Waals surface area (Å²) in [7, 11) is 0. The highest BCUT2D eigenvalue weighted by Gasteiger charge is 2.38. The molecule has 0 saturated carbocycles. The number of nitrogens with zero attached hydrogens (tertiary/aromatic N) is 2. The van der Waals surface area contributed by atoms with Crippen LogP contribution in [0.2, 0.25) is 5.02 Å². The van der Waals surface area contributed by atoms with Gasteiger partial charge in [-0.25, -0.2) is 14.2 Å². The number of benzene rings is 2. The number of halogens is 5. The zero-order chi connectivity index (χ0) is 20.9. The first-order valence-corrected chi connectivity index (χ1v) is 9.53. The molecular weight excluding hydrogens is 479 g/mol. The number of carboxylic acid groups (broad SMARTS) is 1. The molecule has 11 heteroatoms. The second-order valence-corrected chi connectivity index (χ2v) is 7.64. The molecule has 6 nitrogen and oxygen atoms in total. The zero-order valence-electron chi connectivity index (χ0n) is 14.4. The minimum Gasteiger partial charge on any atom is -0.465 e. The third-order valence-corrected chi connectivity index (χ3v) is 5.64. The first-order chi connectivity index (χ1) is 13.8. The lowest BCUT2D eigenvalue weighted by atomic mass is 10.0. The highest BCUT2D eigenvalue weighted by atomic mass is 79.9. The SMILES string of the molecule is O=C(O)N[C@@H]1C[C@H](c2c(Cl)cccc2OC(F)F)n2c1nc1cc(F)c(Br)cc12. The van der Waals surface area contributed by atoms with E-state index < -0.39 is 30.6 Å². The van der Waals surface area contributed by atoms with Crippen molar-refractivity contribution in [3.05, 3.63) is 57.0 Å². The maximum atomic E-state index is 14.0. The molecular formula is C18H12BrClF3N3O3. The van der Waals surface area contributed by atoms with Crippen molar-refractivity contribution in [1.29, 1.82) is 0 Å². The van der Waals surface area contributed by atoms with Crippen LogP contribution in [-0.2, 0) is 0 Å². The van der Waals surface area contributed by atoms with Crippen molar-refractivity contribution < 1.29 is 27.8 Å². The predicted molar refractivity (Wildman–Crippen MR) is 102 cm³/mol. The lowest BCUT2D eigenvalue weighted by Gasteiger charge is -2.20. The number of alkyl halides is 2. The van der Waals surface area contributed by atoms with E-state index in [0.29, 0.717) is 16.9 Å². The van der Waals surface area contributed by atoms with E-state index in [1.165, 1.54) is 30.3 Å². The molecule has 2 N–H and O–H groups in total. The summed E-state index contributed by atoms with van der Waals surface area (Å²) < 4.78 is 46.3. The molecule has 2 atom stereocenters. The van der Waals surface area contributed by atoms with Crippen LogP contribution in [0.1, 0.15) is 29.9 Å². The first kappa shape index (κ1) is 19.8. The summed E-state index contributed by atoms with van der Waals surface area (Å²) in [5.41, 5.74) is 1.06. The number of ether oxygens (including phenoxy) is 1. The lowest BCUT2D eigenvalue weighted by molar-refractivity contribution is -0.0506. The van der Waals surface area contributed by atoms with Gasteiger partial charge in [-0.2, -0.15) is 8.78 Å². The monoisotopic (exact) mass is 489 g/mol. The summed E-state index contributed by atoms with van der Waals surface area (Å²) in [5, 5.41) is 11.7.